The number of esters is 1. The minimum absolute atomic E-state index is 0.0339. The van der Waals surface area contributed by atoms with Crippen molar-refractivity contribution in [2.24, 2.45) is 0 Å². The van der Waals surface area contributed by atoms with Crippen molar-refractivity contribution in [3.8, 4) is 11.5 Å². The van der Waals surface area contributed by atoms with Gasteiger partial charge in [0.15, 0.2) is 18.1 Å². The van der Waals surface area contributed by atoms with Crippen molar-refractivity contribution in [3.05, 3.63) is 42.1 Å². The highest BCUT2D eigenvalue weighted by Crippen LogP contribution is 2.34. The average Bonchev–Trinajstić information content (AvgIpc) is 3.29. The Balaban J connectivity index is 1.47. The van der Waals surface area contributed by atoms with E-state index in [-0.39, 0.29) is 42.2 Å². The van der Waals surface area contributed by atoms with E-state index in [0.717, 1.165) is 11.8 Å². The largest absolute Gasteiger partial charge is 0.454 e. The van der Waals surface area contributed by atoms with Crippen molar-refractivity contribution in [3.63, 3.8) is 0 Å². The number of imide groups is 1. The van der Waals surface area contributed by atoms with Gasteiger partial charge in [0.25, 0.3) is 5.91 Å². The van der Waals surface area contributed by atoms with Gasteiger partial charge in [0.2, 0.25) is 12.7 Å². The number of hydrogen-bond donors (Lipinski definition) is 3. The Bertz CT molecular complexity index is 1060. The highest BCUT2D eigenvalue weighted by Gasteiger charge is 2.18. The maximum atomic E-state index is 12.4. The summed E-state index contributed by atoms with van der Waals surface area (Å²) in [6.45, 7) is -0.0365. The van der Waals surface area contributed by atoms with E-state index in [1.54, 1.807) is 18.2 Å². The number of urea groups is 1. The molecule has 1 aliphatic rings. The first-order valence-corrected chi connectivity index (χ1v) is 11.0. The quantitative estimate of drug-likeness (QED) is 0.251. The molecular formula is C21H22N4O8S. The number of ether oxygens (including phenoxy) is 4. The fourth-order valence-electron chi connectivity index (χ4n) is 2.65. The third-order valence-corrected chi connectivity index (χ3v) is 5.17. The summed E-state index contributed by atoms with van der Waals surface area (Å²) in [5, 5.41) is 7.41. The van der Waals surface area contributed by atoms with Crippen molar-refractivity contribution in [1.29, 1.82) is 0 Å². The van der Waals surface area contributed by atoms with Gasteiger partial charge in [-0.05, 0) is 24.3 Å². The van der Waals surface area contributed by atoms with Gasteiger partial charge >= 0.3 is 12.0 Å². The fourth-order valence-corrected chi connectivity index (χ4v) is 3.43. The van der Waals surface area contributed by atoms with Crippen molar-refractivity contribution in [2.75, 3.05) is 44.7 Å². The molecule has 3 N–H and O–H groups in total. The van der Waals surface area contributed by atoms with Gasteiger partial charge in [-0.3, -0.25) is 14.9 Å². The van der Waals surface area contributed by atoms with Crippen molar-refractivity contribution in [1.82, 2.24) is 15.6 Å². The lowest BCUT2D eigenvalue weighted by Gasteiger charge is -2.10. The summed E-state index contributed by atoms with van der Waals surface area (Å²) in [5.41, 5.74) is 0.619. The molecule has 2 heterocycles. The number of carbonyl (C=O) groups excluding carboxylic acids is 4. The molecule has 0 aliphatic carbocycles. The van der Waals surface area contributed by atoms with Gasteiger partial charge in [-0.15, -0.1) is 0 Å². The minimum atomic E-state index is -0.818. The normalized spacial score (nSPS) is 11.4. The van der Waals surface area contributed by atoms with Crippen molar-refractivity contribution < 1.29 is 38.1 Å². The molecule has 0 saturated heterocycles. The zero-order chi connectivity index (χ0) is 24.3. The molecule has 13 heteroatoms. The summed E-state index contributed by atoms with van der Waals surface area (Å²) < 4.78 is 20.3. The Morgan fingerprint density at radius 2 is 1.94 bits per heavy atom. The number of nitrogens with zero attached hydrogens (tertiary/aromatic N) is 1. The molecule has 3 rings (SSSR count). The maximum Gasteiger partial charge on any atom is 0.341 e. The molecule has 2 aromatic rings. The van der Waals surface area contributed by atoms with Crippen LogP contribution >= 0.6 is 11.8 Å². The number of methoxy groups -OCH3 is 1. The van der Waals surface area contributed by atoms with Crippen LogP contribution in [-0.4, -0.2) is 68.2 Å². The zero-order valence-electron chi connectivity index (χ0n) is 18.1. The van der Waals surface area contributed by atoms with Crippen LogP contribution in [0.25, 0.3) is 0 Å². The number of anilines is 1. The Kier molecular flexibility index (Phi) is 9.05. The Morgan fingerprint density at radius 3 is 2.76 bits per heavy atom. The molecule has 0 spiro atoms. The number of benzene rings is 1. The summed E-state index contributed by atoms with van der Waals surface area (Å²) in [4.78, 5) is 52.2. The van der Waals surface area contributed by atoms with Crippen LogP contribution in [-0.2, 0) is 19.1 Å². The first-order valence-electron chi connectivity index (χ1n) is 9.97. The van der Waals surface area contributed by atoms with E-state index in [4.69, 9.17) is 18.9 Å². The second kappa shape index (κ2) is 12.4. The van der Waals surface area contributed by atoms with Crippen molar-refractivity contribution >= 4 is 41.3 Å². The number of aromatic nitrogens is 1. The van der Waals surface area contributed by atoms with Crippen LogP contribution in [0, 0.1) is 0 Å². The number of rotatable bonds is 10. The topological polar surface area (TPSA) is 154 Å². The van der Waals surface area contributed by atoms with Gasteiger partial charge < -0.3 is 29.6 Å². The van der Waals surface area contributed by atoms with Crippen LogP contribution < -0.4 is 25.4 Å². The molecule has 34 heavy (non-hydrogen) atoms. The van der Waals surface area contributed by atoms with Crippen LogP contribution in [0.15, 0.2) is 41.6 Å². The molecule has 0 bridgehead atoms. The van der Waals surface area contributed by atoms with E-state index < -0.39 is 24.5 Å². The smallest absolute Gasteiger partial charge is 0.341 e. The average molecular weight is 490 g/mol. The molecule has 12 nitrogen and oxygen atoms in total. The first-order chi connectivity index (χ1) is 16.5. The van der Waals surface area contributed by atoms with Crippen LogP contribution in [0.1, 0.15) is 10.4 Å². The number of nitrogens with one attached hydrogen (secondary N) is 3. The van der Waals surface area contributed by atoms with E-state index in [1.165, 1.54) is 25.4 Å². The molecule has 0 saturated carbocycles. The van der Waals surface area contributed by atoms with Crippen LogP contribution in [0.4, 0.5) is 10.5 Å². The highest BCUT2D eigenvalue weighted by molar-refractivity contribution is 8.00. The molecule has 0 radical (unpaired) electrons. The monoisotopic (exact) mass is 490 g/mol. The second-order valence-electron chi connectivity index (χ2n) is 6.63. The van der Waals surface area contributed by atoms with Gasteiger partial charge in [-0.1, -0.05) is 11.8 Å². The van der Waals surface area contributed by atoms with Crippen LogP contribution in [0.2, 0.25) is 0 Å². The summed E-state index contributed by atoms with van der Waals surface area (Å²) >= 11 is 1.03. The lowest BCUT2D eigenvalue weighted by molar-refractivity contribution is -0.123. The van der Waals surface area contributed by atoms with Crippen molar-refractivity contribution in [2.45, 2.75) is 5.03 Å². The number of amides is 4. The Morgan fingerprint density at radius 1 is 1.12 bits per heavy atom. The van der Waals surface area contributed by atoms with Gasteiger partial charge in [0.1, 0.15) is 5.03 Å². The molecule has 4 amide bonds. The van der Waals surface area contributed by atoms with E-state index in [0.29, 0.717) is 17.2 Å². The van der Waals surface area contributed by atoms with Gasteiger partial charge in [0, 0.05) is 31.6 Å². The van der Waals surface area contributed by atoms with E-state index >= 15 is 0 Å². The lowest BCUT2D eigenvalue weighted by atomic mass is 10.3. The van der Waals surface area contributed by atoms with Gasteiger partial charge in [-0.2, -0.15) is 0 Å². The molecule has 180 valence electrons. The number of hydrogen-bond acceptors (Lipinski definition) is 10. The summed E-state index contributed by atoms with van der Waals surface area (Å²) in [6.07, 6.45) is 1.46. The zero-order valence-corrected chi connectivity index (χ0v) is 18.9. The summed E-state index contributed by atoms with van der Waals surface area (Å²) in [7, 11) is 1.47. The number of carbonyl (C=O) groups is 4. The molecule has 0 fully saturated rings. The maximum absolute atomic E-state index is 12.4. The van der Waals surface area contributed by atoms with E-state index in [9.17, 15) is 19.2 Å². The standard InChI is InChI=1S/C21H22N4O8S/c1-30-8-7-23-21(29)25-17(26)10-31-20(28)14-3-2-6-22-19(14)34-11-18(27)24-13-4-5-15-16(9-13)33-12-32-15/h2-6,9H,7-8,10-12H2,1H3,(H,24,27)(H2,23,25,26,29). The predicted octanol–water partition coefficient (Wildman–Crippen LogP) is 1.17. The number of fused-ring (bicyclic) bond motifs is 1. The lowest BCUT2D eigenvalue weighted by Crippen LogP contribution is -2.42. The summed E-state index contributed by atoms with van der Waals surface area (Å²) in [5.74, 6) is -0.839. The minimum Gasteiger partial charge on any atom is -0.454 e. The number of thioether (sulfide) groups is 1. The van der Waals surface area contributed by atoms with Crippen LogP contribution in [0.5, 0.6) is 11.5 Å². The number of pyridine rings is 1. The van der Waals surface area contributed by atoms with Gasteiger partial charge in [0.05, 0.1) is 17.9 Å². The molecule has 1 aliphatic heterocycles. The summed E-state index contributed by atoms with van der Waals surface area (Å²) in [6, 6.07) is 7.28. The highest BCUT2D eigenvalue weighted by atomic mass is 32.2. The Labute approximate surface area is 198 Å². The third kappa shape index (κ3) is 7.35. The molecule has 0 atom stereocenters. The first kappa shape index (κ1) is 24.8. The Hall–Kier alpha value is -3.84. The van der Waals surface area contributed by atoms with Crippen LogP contribution in [0.3, 0.4) is 0 Å². The van der Waals surface area contributed by atoms with Gasteiger partial charge in [-0.25, -0.2) is 14.6 Å². The fraction of sp³-hybridized carbons (Fsp3) is 0.286. The second-order valence-corrected chi connectivity index (χ2v) is 7.60. The molecule has 0 unspecified atom stereocenters. The molecule has 1 aromatic heterocycles. The van der Waals surface area contributed by atoms with E-state index in [2.05, 4.69) is 15.6 Å². The third-order valence-electron chi connectivity index (χ3n) is 4.17. The van der Waals surface area contributed by atoms with E-state index in [1.807, 2.05) is 5.32 Å². The molecule has 1 aromatic carbocycles. The predicted molar refractivity (Wildman–Crippen MR) is 120 cm³/mol. The molecular weight excluding hydrogens is 468 g/mol. The SMILES string of the molecule is COCCNC(=O)NC(=O)COC(=O)c1cccnc1SCC(=O)Nc1ccc2c(c1)OCO2.